The minimum absolute atomic E-state index is 0.128. The predicted octanol–water partition coefficient (Wildman–Crippen LogP) is 3.65. The van der Waals surface area contributed by atoms with Gasteiger partial charge in [0, 0.05) is 44.0 Å². The van der Waals surface area contributed by atoms with Crippen molar-refractivity contribution in [1.29, 1.82) is 0 Å². The number of rotatable bonds is 3. The number of aryl methyl sites for hydroxylation is 1. The summed E-state index contributed by atoms with van der Waals surface area (Å²) < 4.78 is 13.8. The number of halogens is 1. The van der Waals surface area contributed by atoms with Gasteiger partial charge in [0.2, 0.25) is 0 Å². The number of hydrogen-bond acceptors (Lipinski definition) is 2. The number of hydrogen-bond donors (Lipinski definition) is 1. The van der Waals surface area contributed by atoms with Crippen LogP contribution in [0.15, 0.2) is 48.5 Å². The first-order valence-electron chi connectivity index (χ1n) is 8.20. The van der Waals surface area contributed by atoms with Crippen LogP contribution < -0.4 is 5.32 Å². The van der Waals surface area contributed by atoms with Crippen LogP contribution in [-0.4, -0.2) is 41.1 Å². The molecule has 0 saturated carbocycles. The van der Waals surface area contributed by atoms with Gasteiger partial charge in [-0.1, -0.05) is 35.9 Å². The number of anilines is 1. The average Bonchev–Trinajstić information content (AvgIpc) is 2.59. The first kappa shape index (κ1) is 16.9. The molecule has 24 heavy (non-hydrogen) atoms. The lowest BCUT2D eigenvalue weighted by Gasteiger charge is -2.36. The maximum Gasteiger partial charge on any atom is 0.173 e. The molecule has 2 aromatic rings. The minimum Gasteiger partial charge on any atom is -0.346 e. The van der Waals surface area contributed by atoms with Crippen molar-refractivity contribution in [2.45, 2.75) is 13.5 Å². The number of benzene rings is 2. The molecule has 0 aliphatic carbocycles. The van der Waals surface area contributed by atoms with Crippen LogP contribution in [0.2, 0.25) is 0 Å². The molecule has 0 radical (unpaired) electrons. The Morgan fingerprint density at radius 2 is 1.71 bits per heavy atom. The zero-order chi connectivity index (χ0) is 16.9. The molecule has 0 atom stereocenters. The van der Waals surface area contributed by atoms with E-state index < -0.39 is 0 Å². The van der Waals surface area contributed by atoms with Crippen molar-refractivity contribution in [2.24, 2.45) is 0 Å². The maximum absolute atomic E-state index is 13.8. The Balaban J connectivity index is 1.50. The fraction of sp³-hybridized carbons (Fsp3) is 0.316. The molecule has 2 aromatic carbocycles. The summed E-state index contributed by atoms with van der Waals surface area (Å²) in [6, 6.07) is 15.2. The van der Waals surface area contributed by atoms with E-state index in [0.29, 0.717) is 6.54 Å². The average molecular weight is 343 g/mol. The van der Waals surface area contributed by atoms with Crippen LogP contribution in [0.4, 0.5) is 10.1 Å². The van der Waals surface area contributed by atoms with Crippen molar-refractivity contribution in [3.8, 4) is 0 Å². The van der Waals surface area contributed by atoms with E-state index in [-0.39, 0.29) is 5.82 Å². The summed E-state index contributed by atoms with van der Waals surface area (Å²) in [5.41, 5.74) is 3.00. The van der Waals surface area contributed by atoms with Crippen molar-refractivity contribution in [3.63, 3.8) is 0 Å². The van der Waals surface area contributed by atoms with Crippen LogP contribution >= 0.6 is 12.2 Å². The van der Waals surface area contributed by atoms with Gasteiger partial charge < -0.3 is 10.2 Å². The lowest BCUT2D eigenvalue weighted by atomic mass is 10.2. The van der Waals surface area contributed by atoms with Crippen LogP contribution in [0.5, 0.6) is 0 Å². The van der Waals surface area contributed by atoms with Gasteiger partial charge in [-0.25, -0.2) is 4.39 Å². The molecule has 3 rings (SSSR count). The predicted molar refractivity (Wildman–Crippen MR) is 101 cm³/mol. The van der Waals surface area contributed by atoms with Crippen LogP contribution in [0.3, 0.4) is 0 Å². The molecule has 1 aliphatic heterocycles. The second kappa shape index (κ2) is 7.73. The molecule has 126 valence electrons. The number of thiocarbonyl (C=S) groups is 1. The Hall–Kier alpha value is -1.98. The molecule has 0 amide bonds. The van der Waals surface area contributed by atoms with E-state index in [9.17, 15) is 4.39 Å². The van der Waals surface area contributed by atoms with E-state index in [0.717, 1.165) is 42.5 Å². The third-order valence-electron chi connectivity index (χ3n) is 4.31. The molecular weight excluding hydrogens is 321 g/mol. The van der Waals surface area contributed by atoms with Crippen LogP contribution in [0.25, 0.3) is 0 Å². The van der Waals surface area contributed by atoms with Gasteiger partial charge in [-0.3, -0.25) is 4.90 Å². The molecule has 1 saturated heterocycles. The summed E-state index contributed by atoms with van der Waals surface area (Å²) in [7, 11) is 0. The van der Waals surface area contributed by atoms with Gasteiger partial charge in [0.15, 0.2) is 5.11 Å². The van der Waals surface area contributed by atoms with Crippen molar-refractivity contribution < 1.29 is 4.39 Å². The molecule has 1 N–H and O–H groups in total. The Bertz CT molecular complexity index is 694. The summed E-state index contributed by atoms with van der Waals surface area (Å²) in [5, 5.41) is 4.05. The van der Waals surface area contributed by atoms with E-state index in [2.05, 4.69) is 34.2 Å². The van der Waals surface area contributed by atoms with E-state index in [4.69, 9.17) is 12.2 Å². The van der Waals surface area contributed by atoms with Gasteiger partial charge in [-0.05, 0) is 37.3 Å². The normalized spacial score (nSPS) is 15.3. The van der Waals surface area contributed by atoms with Crippen LogP contribution in [0.1, 0.15) is 11.1 Å². The lowest BCUT2D eigenvalue weighted by molar-refractivity contribution is 0.175. The standard InChI is InChI=1S/C19H22FN3S/c1-15-6-8-17(9-7-15)21-19(24)23-12-10-22(11-13-23)14-16-4-2-3-5-18(16)20/h2-9H,10-14H2,1H3,(H,21,24). The SMILES string of the molecule is Cc1ccc(NC(=S)N2CCN(Cc3ccccc3F)CC2)cc1. The Kier molecular flexibility index (Phi) is 5.43. The van der Waals surface area contributed by atoms with Crippen LogP contribution in [0, 0.1) is 12.7 Å². The second-order valence-electron chi connectivity index (χ2n) is 6.15. The third-order valence-corrected chi connectivity index (χ3v) is 4.67. The molecule has 0 spiro atoms. The van der Waals surface area contributed by atoms with Crippen LogP contribution in [-0.2, 0) is 6.54 Å². The van der Waals surface area contributed by atoms with Crippen molar-refractivity contribution in [3.05, 3.63) is 65.5 Å². The highest BCUT2D eigenvalue weighted by Gasteiger charge is 2.19. The molecule has 1 heterocycles. The summed E-state index contributed by atoms with van der Waals surface area (Å²) in [6.07, 6.45) is 0. The fourth-order valence-electron chi connectivity index (χ4n) is 2.82. The van der Waals surface area contributed by atoms with Gasteiger partial charge in [0.25, 0.3) is 0 Å². The molecule has 0 aromatic heterocycles. The van der Waals surface area contributed by atoms with Gasteiger partial charge in [0.1, 0.15) is 5.82 Å². The highest BCUT2D eigenvalue weighted by Crippen LogP contribution is 2.14. The molecule has 1 fully saturated rings. The van der Waals surface area contributed by atoms with E-state index >= 15 is 0 Å². The van der Waals surface area contributed by atoms with Gasteiger partial charge in [-0.15, -0.1) is 0 Å². The van der Waals surface area contributed by atoms with E-state index in [1.54, 1.807) is 6.07 Å². The van der Waals surface area contributed by atoms with Crippen molar-refractivity contribution in [1.82, 2.24) is 9.80 Å². The molecule has 5 heteroatoms. The molecule has 0 bridgehead atoms. The highest BCUT2D eigenvalue weighted by atomic mass is 32.1. The quantitative estimate of drug-likeness (QED) is 0.857. The summed E-state index contributed by atoms with van der Waals surface area (Å²) >= 11 is 5.51. The highest BCUT2D eigenvalue weighted by molar-refractivity contribution is 7.80. The third kappa shape index (κ3) is 4.30. The molecule has 3 nitrogen and oxygen atoms in total. The smallest absolute Gasteiger partial charge is 0.173 e. The summed E-state index contributed by atoms with van der Waals surface area (Å²) in [4.78, 5) is 4.44. The zero-order valence-electron chi connectivity index (χ0n) is 13.8. The number of nitrogens with zero attached hydrogens (tertiary/aromatic N) is 2. The van der Waals surface area contributed by atoms with Crippen molar-refractivity contribution >= 4 is 23.0 Å². The first-order valence-corrected chi connectivity index (χ1v) is 8.61. The molecular formula is C19H22FN3S. The number of nitrogens with one attached hydrogen (secondary N) is 1. The minimum atomic E-state index is -0.128. The van der Waals surface area contributed by atoms with Gasteiger partial charge >= 0.3 is 0 Å². The van der Waals surface area contributed by atoms with E-state index in [1.165, 1.54) is 11.6 Å². The number of piperazine rings is 1. The largest absolute Gasteiger partial charge is 0.346 e. The molecule has 0 unspecified atom stereocenters. The second-order valence-corrected chi connectivity index (χ2v) is 6.54. The van der Waals surface area contributed by atoms with Gasteiger partial charge in [0.05, 0.1) is 0 Å². The monoisotopic (exact) mass is 343 g/mol. The maximum atomic E-state index is 13.8. The molecule has 1 aliphatic rings. The zero-order valence-corrected chi connectivity index (χ0v) is 14.7. The van der Waals surface area contributed by atoms with Gasteiger partial charge in [-0.2, -0.15) is 0 Å². The summed E-state index contributed by atoms with van der Waals surface area (Å²) in [5.74, 6) is -0.128. The van der Waals surface area contributed by atoms with Crippen molar-refractivity contribution in [2.75, 3.05) is 31.5 Å². The fourth-order valence-corrected chi connectivity index (χ4v) is 3.12. The van der Waals surface area contributed by atoms with E-state index in [1.807, 2.05) is 24.3 Å². The topological polar surface area (TPSA) is 18.5 Å². The lowest BCUT2D eigenvalue weighted by Crippen LogP contribution is -2.49. The Morgan fingerprint density at radius 1 is 1.04 bits per heavy atom. The first-order chi connectivity index (χ1) is 11.6. The Labute approximate surface area is 148 Å². The Morgan fingerprint density at radius 3 is 2.38 bits per heavy atom. The summed E-state index contributed by atoms with van der Waals surface area (Å²) in [6.45, 7) is 6.18.